The average Bonchev–Trinajstić information content (AvgIpc) is 2.61. The van der Waals surface area contributed by atoms with Gasteiger partial charge in [0.25, 0.3) is 0 Å². The third kappa shape index (κ3) is 5.05. The molecule has 126 valence electrons. The molecule has 5 heteroatoms. The first-order valence-electron chi connectivity index (χ1n) is 8.71. The number of aromatic nitrogens is 3. The Bertz CT molecular complexity index is 681. The molecule has 0 spiro atoms. The molecule has 5 nitrogen and oxygen atoms in total. The highest BCUT2D eigenvalue weighted by Crippen LogP contribution is 2.20. The quantitative estimate of drug-likeness (QED) is 0.751. The van der Waals surface area contributed by atoms with Crippen molar-refractivity contribution in [3.8, 4) is 0 Å². The molecule has 1 aliphatic carbocycles. The molecule has 3 rings (SSSR count). The van der Waals surface area contributed by atoms with Crippen LogP contribution < -0.4 is 10.6 Å². The number of anilines is 2. The molecule has 2 aromatic heterocycles. The molecule has 0 unspecified atom stereocenters. The van der Waals surface area contributed by atoms with Crippen LogP contribution in [0.1, 0.15) is 43.6 Å². The van der Waals surface area contributed by atoms with Crippen LogP contribution in [0.5, 0.6) is 0 Å². The predicted octanol–water partition coefficient (Wildman–Crippen LogP) is 4.09. The highest BCUT2D eigenvalue weighted by molar-refractivity contribution is 5.47. The Balaban J connectivity index is 1.54. The number of nitrogens with one attached hydrogen (secondary N) is 2. The van der Waals surface area contributed by atoms with Crippen LogP contribution >= 0.6 is 0 Å². The number of aryl methyl sites for hydroxylation is 1. The largest absolute Gasteiger partial charge is 0.370 e. The molecule has 2 heterocycles. The van der Waals surface area contributed by atoms with E-state index in [-0.39, 0.29) is 0 Å². The number of nitrogens with zero attached hydrogens (tertiary/aromatic N) is 3. The van der Waals surface area contributed by atoms with Crippen molar-refractivity contribution in [1.29, 1.82) is 0 Å². The summed E-state index contributed by atoms with van der Waals surface area (Å²) in [5, 5.41) is 6.74. The van der Waals surface area contributed by atoms with Gasteiger partial charge >= 0.3 is 0 Å². The Hall–Kier alpha value is -2.43. The molecule has 0 aliphatic heterocycles. The minimum atomic E-state index is 0.656. The maximum Gasteiger partial charge on any atom is 0.132 e. The van der Waals surface area contributed by atoms with Gasteiger partial charge in [0.1, 0.15) is 17.5 Å². The lowest BCUT2D eigenvalue weighted by Gasteiger charge is -2.14. The fourth-order valence-electron chi connectivity index (χ4n) is 2.92. The van der Waals surface area contributed by atoms with Gasteiger partial charge in [-0.2, -0.15) is 0 Å². The predicted molar refractivity (Wildman–Crippen MR) is 98.0 cm³/mol. The molecule has 0 atom stereocenters. The summed E-state index contributed by atoms with van der Waals surface area (Å²) in [5.74, 6) is 2.47. The van der Waals surface area contributed by atoms with Crippen molar-refractivity contribution in [3.05, 3.63) is 53.6 Å². The molecule has 0 radical (unpaired) electrons. The molecule has 2 N–H and O–H groups in total. The monoisotopic (exact) mass is 323 g/mol. The Kier molecular flexibility index (Phi) is 5.77. The van der Waals surface area contributed by atoms with Gasteiger partial charge in [0.2, 0.25) is 0 Å². The van der Waals surface area contributed by atoms with Crippen LogP contribution in [-0.4, -0.2) is 21.5 Å². The van der Waals surface area contributed by atoms with E-state index < -0.39 is 0 Å². The molecule has 2 aromatic rings. The Labute approximate surface area is 143 Å². The molecular weight excluding hydrogens is 298 g/mol. The van der Waals surface area contributed by atoms with E-state index in [0.29, 0.717) is 6.54 Å². The summed E-state index contributed by atoms with van der Waals surface area (Å²) in [5.41, 5.74) is 2.57. The van der Waals surface area contributed by atoms with Gasteiger partial charge in [0.05, 0.1) is 12.2 Å². The van der Waals surface area contributed by atoms with E-state index in [1.54, 1.807) is 11.8 Å². The smallest absolute Gasteiger partial charge is 0.132 e. The Morgan fingerprint density at radius 3 is 2.71 bits per heavy atom. The maximum absolute atomic E-state index is 4.47. The lowest BCUT2D eigenvalue weighted by Crippen LogP contribution is -2.09. The normalized spacial score (nSPS) is 14.1. The van der Waals surface area contributed by atoms with Gasteiger partial charge in [-0.3, -0.25) is 4.98 Å². The highest BCUT2D eigenvalue weighted by atomic mass is 15.1. The van der Waals surface area contributed by atoms with Gasteiger partial charge in [-0.05, 0) is 51.2 Å². The number of pyridine rings is 1. The molecule has 0 saturated heterocycles. The second-order valence-electron chi connectivity index (χ2n) is 6.15. The molecule has 0 fully saturated rings. The lowest BCUT2D eigenvalue weighted by atomic mass is 9.97. The van der Waals surface area contributed by atoms with E-state index in [4.69, 9.17) is 0 Å². The Morgan fingerprint density at radius 1 is 1.08 bits per heavy atom. The van der Waals surface area contributed by atoms with Crippen molar-refractivity contribution in [2.24, 2.45) is 0 Å². The summed E-state index contributed by atoms with van der Waals surface area (Å²) in [6.07, 6.45) is 10.5. The zero-order valence-corrected chi connectivity index (χ0v) is 14.3. The fourth-order valence-corrected chi connectivity index (χ4v) is 2.92. The van der Waals surface area contributed by atoms with E-state index in [1.165, 1.54) is 25.7 Å². The number of allylic oxidation sites excluding steroid dienone is 1. The van der Waals surface area contributed by atoms with Crippen molar-refractivity contribution < 1.29 is 0 Å². The zero-order valence-electron chi connectivity index (χ0n) is 14.3. The third-order valence-corrected chi connectivity index (χ3v) is 4.15. The van der Waals surface area contributed by atoms with E-state index in [9.17, 15) is 0 Å². The fraction of sp³-hybridized carbons (Fsp3) is 0.421. The number of rotatable bonds is 7. The topological polar surface area (TPSA) is 62.7 Å². The van der Waals surface area contributed by atoms with Crippen LogP contribution in [0.2, 0.25) is 0 Å². The summed E-state index contributed by atoms with van der Waals surface area (Å²) in [6.45, 7) is 3.49. The van der Waals surface area contributed by atoms with E-state index in [1.807, 2.05) is 31.2 Å². The Morgan fingerprint density at radius 2 is 1.96 bits per heavy atom. The first-order chi connectivity index (χ1) is 11.8. The average molecular weight is 323 g/mol. The molecule has 0 saturated carbocycles. The minimum Gasteiger partial charge on any atom is -0.370 e. The van der Waals surface area contributed by atoms with Gasteiger partial charge in [-0.25, -0.2) is 9.97 Å². The SMILES string of the molecule is Cc1nc(NCCC2=CCCCC2)cc(NCc2ccccn2)n1. The first-order valence-corrected chi connectivity index (χ1v) is 8.71. The van der Waals surface area contributed by atoms with E-state index in [0.717, 1.165) is 36.1 Å². The molecule has 24 heavy (non-hydrogen) atoms. The van der Waals surface area contributed by atoms with Crippen LogP contribution in [0.3, 0.4) is 0 Å². The van der Waals surface area contributed by atoms with E-state index >= 15 is 0 Å². The lowest BCUT2D eigenvalue weighted by molar-refractivity contribution is 0.679. The van der Waals surface area contributed by atoms with E-state index in [2.05, 4.69) is 31.7 Å². The standard InChI is InChI=1S/C19H25N5/c1-15-23-18(21-12-10-16-7-3-2-4-8-16)13-19(24-15)22-14-17-9-5-6-11-20-17/h5-7,9,11,13H,2-4,8,10,12,14H2,1H3,(H2,21,22,23,24). The minimum absolute atomic E-state index is 0.656. The second-order valence-corrected chi connectivity index (χ2v) is 6.15. The van der Waals surface area contributed by atoms with Crippen LogP contribution in [0.4, 0.5) is 11.6 Å². The summed E-state index contributed by atoms with van der Waals surface area (Å²) in [6, 6.07) is 7.87. The van der Waals surface area contributed by atoms with Gasteiger partial charge < -0.3 is 10.6 Å². The maximum atomic E-state index is 4.47. The van der Waals surface area contributed by atoms with Crippen LogP contribution in [0.15, 0.2) is 42.1 Å². The number of hydrogen-bond acceptors (Lipinski definition) is 5. The van der Waals surface area contributed by atoms with Crippen molar-refractivity contribution in [2.45, 2.75) is 45.6 Å². The summed E-state index contributed by atoms with van der Waals surface area (Å²) in [4.78, 5) is 13.2. The van der Waals surface area contributed by atoms with Crippen molar-refractivity contribution in [2.75, 3.05) is 17.2 Å². The van der Waals surface area contributed by atoms with Crippen molar-refractivity contribution >= 4 is 11.6 Å². The van der Waals surface area contributed by atoms with Gasteiger partial charge in [0.15, 0.2) is 0 Å². The summed E-state index contributed by atoms with van der Waals surface area (Å²) >= 11 is 0. The first kappa shape index (κ1) is 16.4. The van der Waals surface area contributed by atoms with Crippen LogP contribution in [-0.2, 0) is 6.54 Å². The van der Waals surface area contributed by atoms with Gasteiger partial charge in [-0.15, -0.1) is 0 Å². The van der Waals surface area contributed by atoms with Gasteiger partial charge in [0, 0.05) is 18.8 Å². The zero-order chi connectivity index (χ0) is 16.6. The second kappa shape index (κ2) is 8.43. The summed E-state index contributed by atoms with van der Waals surface area (Å²) < 4.78 is 0. The molecule has 1 aliphatic rings. The molecule has 0 amide bonds. The summed E-state index contributed by atoms with van der Waals surface area (Å²) in [7, 11) is 0. The molecular formula is C19H25N5. The highest BCUT2D eigenvalue weighted by Gasteiger charge is 2.05. The van der Waals surface area contributed by atoms with Crippen molar-refractivity contribution in [1.82, 2.24) is 15.0 Å². The van der Waals surface area contributed by atoms with Gasteiger partial charge in [-0.1, -0.05) is 17.7 Å². The number of hydrogen-bond donors (Lipinski definition) is 2. The molecule has 0 aromatic carbocycles. The van der Waals surface area contributed by atoms with Crippen LogP contribution in [0, 0.1) is 6.92 Å². The van der Waals surface area contributed by atoms with Crippen molar-refractivity contribution in [3.63, 3.8) is 0 Å². The molecule has 0 bridgehead atoms. The van der Waals surface area contributed by atoms with Crippen LogP contribution in [0.25, 0.3) is 0 Å². The third-order valence-electron chi connectivity index (χ3n) is 4.15.